The molecule has 1 aromatic carbocycles. The highest BCUT2D eigenvalue weighted by Crippen LogP contribution is 2.32. The summed E-state index contributed by atoms with van der Waals surface area (Å²) in [5, 5.41) is 2.78. The second-order valence-corrected chi connectivity index (χ2v) is 5.31. The molecule has 86 valence electrons. The summed E-state index contributed by atoms with van der Waals surface area (Å²) in [5.74, 6) is 1.79. The van der Waals surface area contributed by atoms with Crippen molar-refractivity contribution < 1.29 is 4.74 Å². The van der Waals surface area contributed by atoms with Gasteiger partial charge in [-0.15, -0.1) is 11.8 Å². The molecule has 0 saturated carbocycles. The van der Waals surface area contributed by atoms with E-state index in [-0.39, 0.29) is 0 Å². The molecule has 0 N–H and O–H groups in total. The Balaban J connectivity index is 1.95. The van der Waals surface area contributed by atoms with E-state index in [0.29, 0.717) is 0 Å². The fourth-order valence-corrected chi connectivity index (χ4v) is 3.10. The fraction of sp³-hybridized carbons (Fsp3) is 0.154. The Morgan fingerprint density at radius 1 is 1.35 bits per heavy atom. The van der Waals surface area contributed by atoms with E-state index in [0.717, 1.165) is 21.4 Å². The maximum Gasteiger partial charge on any atom is 0.242 e. The van der Waals surface area contributed by atoms with Crippen LogP contribution < -0.4 is 4.74 Å². The van der Waals surface area contributed by atoms with Gasteiger partial charge in [0.05, 0.1) is 13.7 Å². The van der Waals surface area contributed by atoms with E-state index >= 15 is 0 Å². The first-order chi connectivity index (χ1) is 8.31. The zero-order chi connectivity index (χ0) is 12.1. The molecule has 0 aliphatic heterocycles. The van der Waals surface area contributed by atoms with Gasteiger partial charge in [-0.1, -0.05) is 12.1 Å². The third-order valence-electron chi connectivity index (χ3n) is 2.24. The second-order valence-electron chi connectivity index (χ2n) is 3.37. The predicted octanol–water partition coefficient (Wildman–Crippen LogP) is 4.60. The molecule has 0 bridgehead atoms. The van der Waals surface area contributed by atoms with Crippen LogP contribution in [0, 0.1) is 6.57 Å². The van der Waals surface area contributed by atoms with E-state index in [4.69, 9.17) is 11.3 Å². The lowest BCUT2D eigenvalue weighted by Crippen LogP contribution is -1.83. The summed E-state index contributed by atoms with van der Waals surface area (Å²) in [6.07, 6.45) is 0. The molecule has 2 aromatic rings. The van der Waals surface area contributed by atoms with Gasteiger partial charge in [-0.2, -0.15) is 11.3 Å². The molecule has 0 spiro atoms. The number of thioether (sulfide) groups is 1. The first-order valence-corrected chi connectivity index (χ1v) is 6.90. The highest BCUT2D eigenvalue weighted by Gasteiger charge is 2.00. The van der Waals surface area contributed by atoms with Gasteiger partial charge in [-0.05, 0) is 29.1 Å². The number of nitrogens with zero attached hydrogens (tertiary/aromatic N) is 1. The Morgan fingerprint density at radius 2 is 2.12 bits per heavy atom. The maximum atomic E-state index is 6.91. The minimum Gasteiger partial charge on any atom is -0.497 e. The molecule has 17 heavy (non-hydrogen) atoms. The predicted molar refractivity (Wildman–Crippen MR) is 73.1 cm³/mol. The number of thiophene rings is 1. The molecule has 4 heteroatoms. The summed E-state index contributed by atoms with van der Waals surface area (Å²) >= 11 is 3.25. The second kappa shape index (κ2) is 5.76. The zero-order valence-electron chi connectivity index (χ0n) is 9.34. The summed E-state index contributed by atoms with van der Waals surface area (Å²) in [6.45, 7) is 6.91. The Morgan fingerprint density at radius 3 is 2.71 bits per heavy atom. The van der Waals surface area contributed by atoms with Crippen molar-refractivity contribution in [2.45, 2.75) is 10.6 Å². The lowest BCUT2D eigenvalue weighted by atomic mass is 10.2. The van der Waals surface area contributed by atoms with E-state index in [1.165, 1.54) is 16.9 Å². The van der Waals surface area contributed by atoms with Crippen LogP contribution in [0.1, 0.15) is 5.56 Å². The van der Waals surface area contributed by atoms with Crippen molar-refractivity contribution in [3.63, 3.8) is 0 Å². The quantitative estimate of drug-likeness (QED) is 0.589. The number of hydrogen-bond acceptors (Lipinski definition) is 3. The highest BCUT2D eigenvalue weighted by molar-refractivity contribution is 7.98. The Bertz CT molecular complexity index is 525. The topological polar surface area (TPSA) is 13.6 Å². The van der Waals surface area contributed by atoms with Crippen molar-refractivity contribution in [1.82, 2.24) is 0 Å². The Labute approximate surface area is 109 Å². The van der Waals surface area contributed by atoms with Crippen LogP contribution in [0.15, 0.2) is 40.6 Å². The van der Waals surface area contributed by atoms with Gasteiger partial charge in [-0.3, -0.25) is 0 Å². The number of methoxy groups -OCH3 is 1. The molecule has 0 unspecified atom stereocenters. The van der Waals surface area contributed by atoms with Crippen LogP contribution in [0.3, 0.4) is 0 Å². The van der Waals surface area contributed by atoms with Crippen molar-refractivity contribution in [3.8, 4) is 5.75 Å². The molecule has 0 radical (unpaired) electrons. The summed E-state index contributed by atoms with van der Waals surface area (Å²) in [5.41, 5.74) is 1.26. The zero-order valence-corrected chi connectivity index (χ0v) is 11.0. The van der Waals surface area contributed by atoms with Gasteiger partial charge in [0.1, 0.15) is 5.75 Å². The molecule has 1 heterocycles. The molecule has 2 rings (SSSR count). The van der Waals surface area contributed by atoms with E-state index in [1.54, 1.807) is 18.9 Å². The smallest absolute Gasteiger partial charge is 0.242 e. The van der Waals surface area contributed by atoms with Crippen LogP contribution in [-0.4, -0.2) is 7.11 Å². The molecule has 0 saturated heterocycles. The van der Waals surface area contributed by atoms with E-state index in [1.807, 2.05) is 23.6 Å². The number of rotatable bonds is 4. The fourth-order valence-electron chi connectivity index (χ4n) is 1.33. The summed E-state index contributed by atoms with van der Waals surface area (Å²) < 4.78 is 5.11. The number of ether oxygens (including phenoxy) is 1. The maximum absolute atomic E-state index is 6.91. The van der Waals surface area contributed by atoms with Gasteiger partial charge >= 0.3 is 0 Å². The van der Waals surface area contributed by atoms with Crippen LogP contribution in [0.4, 0.5) is 5.00 Å². The van der Waals surface area contributed by atoms with Crippen molar-refractivity contribution in [1.29, 1.82) is 0 Å². The molecule has 1 aromatic heterocycles. The Kier molecular flexibility index (Phi) is 4.08. The van der Waals surface area contributed by atoms with Gasteiger partial charge in [0.25, 0.3) is 0 Å². The third-order valence-corrected chi connectivity index (χ3v) is 4.25. The molecular formula is C13H11NOS2. The first kappa shape index (κ1) is 12.0. The molecule has 0 aliphatic rings. The number of hydrogen-bond donors (Lipinski definition) is 0. The largest absolute Gasteiger partial charge is 0.497 e. The normalized spacial score (nSPS) is 9.88. The molecular weight excluding hydrogens is 250 g/mol. The van der Waals surface area contributed by atoms with Gasteiger partial charge in [0.2, 0.25) is 5.00 Å². The highest BCUT2D eigenvalue weighted by atomic mass is 32.2. The standard InChI is InChI=1S/C13H11NOS2/c1-14-13-7-12(9-17-13)16-8-10-3-5-11(15-2)6-4-10/h3-7,9H,8H2,2H3. The van der Waals surface area contributed by atoms with E-state index < -0.39 is 0 Å². The van der Waals surface area contributed by atoms with Crippen LogP contribution >= 0.6 is 23.1 Å². The van der Waals surface area contributed by atoms with Crippen LogP contribution in [0.5, 0.6) is 5.75 Å². The van der Waals surface area contributed by atoms with E-state index in [9.17, 15) is 0 Å². The van der Waals surface area contributed by atoms with Gasteiger partial charge in [0, 0.05) is 10.6 Å². The van der Waals surface area contributed by atoms with Crippen molar-refractivity contribution in [2.75, 3.05) is 7.11 Å². The van der Waals surface area contributed by atoms with Gasteiger partial charge < -0.3 is 4.74 Å². The van der Waals surface area contributed by atoms with Gasteiger partial charge in [-0.25, -0.2) is 4.85 Å². The average Bonchev–Trinajstić information content (AvgIpc) is 2.85. The van der Waals surface area contributed by atoms with Crippen molar-refractivity contribution in [3.05, 3.63) is 52.7 Å². The molecule has 0 atom stereocenters. The Hall–Kier alpha value is -1.44. The van der Waals surface area contributed by atoms with Crippen molar-refractivity contribution in [2.24, 2.45) is 0 Å². The van der Waals surface area contributed by atoms with Crippen molar-refractivity contribution >= 4 is 28.1 Å². The molecule has 0 fully saturated rings. The summed E-state index contributed by atoms with van der Waals surface area (Å²) in [7, 11) is 1.67. The monoisotopic (exact) mass is 261 g/mol. The molecule has 0 aliphatic carbocycles. The number of benzene rings is 1. The lowest BCUT2D eigenvalue weighted by molar-refractivity contribution is 0.414. The molecule has 0 amide bonds. The van der Waals surface area contributed by atoms with E-state index in [2.05, 4.69) is 17.0 Å². The van der Waals surface area contributed by atoms with Crippen LogP contribution in [-0.2, 0) is 5.75 Å². The van der Waals surface area contributed by atoms with Crippen LogP contribution in [0.25, 0.3) is 4.85 Å². The van der Waals surface area contributed by atoms with Crippen LogP contribution in [0.2, 0.25) is 0 Å². The minimum atomic E-state index is 0.752. The van der Waals surface area contributed by atoms with Gasteiger partial charge in [0.15, 0.2) is 0 Å². The first-order valence-electron chi connectivity index (χ1n) is 5.03. The molecule has 2 nitrogen and oxygen atoms in total. The SMILES string of the molecule is [C-]#[N+]c1cc(SCc2ccc(OC)cc2)cs1. The summed E-state index contributed by atoms with van der Waals surface area (Å²) in [4.78, 5) is 4.57. The third kappa shape index (κ3) is 3.26. The summed E-state index contributed by atoms with van der Waals surface area (Å²) in [6, 6.07) is 10.00. The minimum absolute atomic E-state index is 0.752. The lowest BCUT2D eigenvalue weighted by Gasteiger charge is -2.02. The average molecular weight is 261 g/mol.